The molecule has 0 aliphatic carbocycles. The smallest absolute Gasteiger partial charge is 0.337 e. The number of nitro groups is 1. The number of nitrogens with zero attached hydrogens (tertiary/aromatic N) is 3. The number of halogens is 3. The standard InChI is InChI=1S/C21H20F3N3O3/c22-21(23,24)18-7-4-17(5-8-18)15-25-10-12-26(13-11-25)20(28)9-6-16-2-1-3-19(14-16)27(29)30/h1-9,14H,10-13,15H2/b9-6+. The molecule has 0 N–H and O–H groups in total. The van der Waals surface area contributed by atoms with Crippen molar-refractivity contribution >= 4 is 17.7 Å². The molecule has 0 spiro atoms. The minimum atomic E-state index is -4.34. The van der Waals surface area contributed by atoms with Crippen molar-refractivity contribution in [2.75, 3.05) is 26.2 Å². The Morgan fingerprint density at radius 2 is 1.73 bits per heavy atom. The monoisotopic (exact) mass is 419 g/mol. The third kappa shape index (κ3) is 5.66. The van der Waals surface area contributed by atoms with Gasteiger partial charge in [-0.1, -0.05) is 24.3 Å². The van der Waals surface area contributed by atoms with Gasteiger partial charge in [-0.25, -0.2) is 0 Å². The first kappa shape index (κ1) is 21.5. The van der Waals surface area contributed by atoms with Gasteiger partial charge in [0, 0.05) is 50.9 Å². The van der Waals surface area contributed by atoms with Crippen molar-refractivity contribution in [1.82, 2.24) is 9.80 Å². The van der Waals surface area contributed by atoms with Gasteiger partial charge in [0.2, 0.25) is 5.91 Å². The van der Waals surface area contributed by atoms with E-state index >= 15 is 0 Å². The van der Waals surface area contributed by atoms with Crippen molar-refractivity contribution < 1.29 is 22.9 Å². The topological polar surface area (TPSA) is 66.7 Å². The van der Waals surface area contributed by atoms with E-state index in [2.05, 4.69) is 4.90 Å². The van der Waals surface area contributed by atoms with Crippen molar-refractivity contribution in [3.63, 3.8) is 0 Å². The summed E-state index contributed by atoms with van der Waals surface area (Å²) in [5, 5.41) is 10.8. The van der Waals surface area contributed by atoms with Gasteiger partial charge in [-0.15, -0.1) is 0 Å². The van der Waals surface area contributed by atoms with Gasteiger partial charge in [-0.2, -0.15) is 13.2 Å². The second-order valence-electron chi connectivity index (χ2n) is 6.98. The predicted octanol–water partition coefficient (Wildman–Crippen LogP) is 3.97. The molecule has 0 atom stereocenters. The molecule has 1 saturated heterocycles. The van der Waals surface area contributed by atoms with Crippen LogP contribution in [0, 0.1) is 10.1 Å². The number of rotatable bonds is 5. The summed E-state index contributed by atoms with van der Waals surface area (Å²) in [6, 6.07) is 11.1. The number of hydrogen-bond donors (Lipinski definition) is 0. The summed E-state index contributed by atoms with van der Waals surface area (Å²) < 4.78 is 37.9. The molecule has 3 rings (SSSR count). The van der Waals surface area contributed by atoms with Crippen LogP contribution in [0.3, 0.4) is 0 Å². The van der Waals surface area contributed by atoms with E-state index in [9.17, 15) is 28.1 Å². The van der Waals surface area contributed by atoms with Crippen LogP contribution in [0.5, 0.6) is 0 Å². The molecule has 2 aromatic carbocycles. The normalized spacial score (nSPS) is 15.5. The third-order valence-electron chi connectivity index (χ3n) is 4.87. The summed E-state index contributed by atoms with van der Waals surface area (Å²) in [6.07, 6.45) is -1.41. The van der Waals surface area contributed by atoms with Gasteiger partial charge in [0.25, 0.3) is 5.69 Å². The molecule has 1 aliphatic heterocycles. The van der Waals surface area contributed by atoms with Gasteiger partial charge in [0.15, 0.2) is 0 Å². The average Bonchev–Trinajstić information content (AvgIpc) is 2.72. The first-order valence-electron chi connectivity index (χ1n) is 9.32. The van der Waals surface area contributed by atoms with Crippen LogP contribution < -0.4 is 0 Å². The zero-order valence-electron chi connectivity index (χ0n) is 16.0. The number of carbonyl (C=O) groups is 1. The molecule has 1 fully saturated rings. The molecule has 6 nitrogen and oxygen atoms in total. The van der Waals surface area contributed by atoms with E-state index in [1.165, 1.54) is 30.3 Å². The Kier molecular flexibility index (Phi) is 6.51. The van der Waals surface area contributed by atoms with Crippen LogP contribution in [0.15, 0.2) is 54.6 Å². The highest BCUT2D eigenvalue weighted by Crippen LogP contribution is 2.29. The maximum Gasteiger partial charge on any atom is 0.416 e. The van der Waals surface area contributed by atoms with Gasteiger partial charge in [0.1, 0.15) is 0 Å². The number of benzene rings is 2. The van der Waals surface area contributed by atoms with E-state index in [0.717, 1.165) is 17.7 Å². The number of hydrogen-bond acceptors (Lipinski definition) is 4. The highest BCUT2D eigenvalue weighted by Gasteiger charge is 2.30. The number of piperazine rings is 1. The summed E-state index contributed by atoms with van der Waals surface area (Å²) in [5.74, 6) is -0.185. The van der Waals surface area contributed by atoms with Crippen LogP contribution in [-0.4, -0.2) is 46.8 Å². The SMILES string of the molecule is O=C(/C=C/c1cccc([N+](=O)[O-])c1)N1CCN(Cc2ccc(C(F)(F)F)cc2)CC1. The fourth-order valence-corrected chi connectivity index (χ4v) is 3.20. The second kappa shape index (κ2) is 9.08. The fourth-order valence-electron chi connectivity index (χ4n) is 3.20. The Hall–Kier alpha value is -3.20. The molecule has 0 unspecified atom stereocenters. The number of non-ortho nitro benzene ring substituents is 1. The quantitative estimate of drug-likeness (QED) is 0.418. The van der Waals surface area contributed by atoms with E-state index in [4.69, 9.17) is 0 Å². The lowest BCUT2D eigenvalue weighted by Crippen LogP contribution is -2.47. The largest absolute Gasteiger partial charge is 0.416 e. The molecular weight excluding hydrogens is 399 g/mol. The Bertz CT molecular complexity index is 935. The van der Waals surface area contributed by atoms with E-state index in [-0.39, 0.29) is 11.6 Å². The summed E-state index contributed by atoms with van der Waals surface area (Å²) in [4.78, 5) is 26.4. The number of alkyl halides is 3. The molecule has 158 valence electrons. The van der Waals surface area contributed by atoms with Crippen LogP contribution in [-0.2, 0) is 17.5 Å². The zero-order valence-corrected chi connectivity index (χ0v) is 16.0. The third-order valence-corrected chi connectivity index (χ3v) is 4.87. The molecule has 1 amide bonds. The number of carbonyl (C=O) groups excluding carboxylic acids is 1. The van der Waals surface area contributed by atoms with Crippen LogP contribution in [0.2, 0.25) is 0 Å². The van der Waals surface area contributed by atoms with E-state index < -0.39 is 16.7 Å². The van der Waals surface area contributed by atoms with Gasteiger partial charge in [-0.3, -0.25) is 19.8 Å². The van der Waals surface area contributed by atoms with E-state index in [0.29, 0.717) is 38.3 Å². The molecule has 30 heavy (non-hydrogen) atoms. The maximum absolute atomic E-state index is 12.6. The van der Waals surface area contributed by atoms with Crippen molar-refractivity contribution in [2.24, 2.45) is 0 Å². The van der Waals surface area contributed by atoms with Crippen molar-refractivity contribution in [1.29, 1.82) is 0 Å². The van der Waals surface area contributed by atoms with Crippen LogP contribution in [0.4, 0.5) is 18.9 Å². The van der Waals surface area contributed by atoms with E-state index in [1.807, 2.05) is 0 Å². The fraction of sp³-hybridized carbons (Fsp3) is 0.286. The average molecular weight is 419 g/mol. The van der Waals surface area contributed by atoms with Gasteiger partial charge >= 0.3 is 6.18 Å². The van der Waals surface area contributed by atoms with Crippen molar-refractivity contribution in [2.45, 2.75) is 12.7 Å². The van der Waals surface area contributed by atoms with Crippen molar-refractivity contribution in [3.8, 4) is 0 Å². The molecule has 1 aliphatic rings. The highest BCUT2D eigenvalue weighted by atomic mass is 19.4. The molecule has 1 heterocycles. The van der Waals surface area contributed by atoms with Crippen LogP contribution >= 0.6 is 0 Å². The summed E-state index contributed by atoms with van der Waals surface area (Å²) in [7, 11) is 0. The zero-order chi connectivity index (χ0) is 21.7. The molecule has 0 radical (unpaired) electrons. The number of amides is 1. The minimum Gasteiger partial charge on any atom is -0.337 e. The Balaban J connectivity index is 1.50. The van der Waals surface area contributed by atoms with E-state index in [1.54, 1.807) is 23.1 Å². The predicted molar refractivity (Wildman–Crippen MR) is 105 cm³/mol. The first-order chi connectivity index (χ1) is 14.2. The lowest BCUT2D eigenvalue weighted by atomic mass is 10.1. The lowest BCUT2D eigenvalue weighted by molar-refractivity contribution is -0.384. The summed E-state index contributed by atoms with van der Waals surface area (Å²) in [5.41, 5.74) is 0.644. The van der Waals surface area contributed by atoms with Crippen LogP contribution in [0.25, 0.3) is 6.08 Å². The summed E-state index contributed by atoms with van der Waals surface area (Å²) >= 11 is 0. The molecule has 0 saturated carbocycles. The Morgan fingerprint density at radius 1 is 1.07 bits per heavy atom. The molecule has 2 aromatic rings. The molecule has 0 aromatic heterocycles. The Morgan fingerprint density at radius 3 is 2.33 bits per heavy atom. The van der Waals surface area contributed by atoms with Crippen molar-refractivity contribution in [3.05, 3.63) is 81.4 Å². The molecule has 0 bridgehead atoms. The first-order valence-corrected chi connectivity index (χ1v) is 9.32. The maximum atomic E-state index is 12.6. The number of nitro benzene ring substituents is 1. The highest BCUT2D eigenvalue weighted by molar-refractivity contribution is 5.91. The lowest BCUT2D eigenvalue weighted by Gasteiger charge is -2.34. The Labute approximate surface area is 171 Å². The van der Waals surface area contributed by atoms with Gasteiger partial charge < -0.3 is 4.90 Å². The van der Waals surface area contributed by atoms with Crippen LogP contribution in [0.1, 0.15) is 16.7 Å². The van der Waals surface area contributed by atoms with Gasteiger partial charge in [0.05, 0.1) is 10.5 Å². The molecule has 9 heteroatoms. The molecular formula is C21H20F3N3O3. The summed E-state index contributed by atoms with van der Waals surface area (Å²) in [6.45, 7) is 2.73. The minimum absolute atomic E-state index is 0.0403. The second-order valence-corrected chi connectivity index (χ2v) is 6.98. The van der Waals surface area contributed by atoms with Gasteiger partial charge in [-0.05, 0) is 29.3 Å².